The molecule has 10 nitrogen and oxygen atoms in total. The number of para-hydroxylation sites is 1. The highest BCUT2D eigenvalue weighted by molar-refractivity contribution is 5.91. The van der Waals surface area contributed by atoms with Crippen molar-refractivity contribution < 1.29 is 9.53 Å². The Morgan fingerprint density at radius 1 is 1.05 bits per heavy atom. The molecule has 3 aliphatic rings. The van der Waals surface area contributed by atoms with Crippen molar-refractivity contribution in [3.05, 3.63) is 48.2 Å². The summed E-state index contributed by atoms with van der Waals surface area (Å²) in [5.41, 5.74) is 3.20. The lowest BCUT2D eigenvalue weighted by Crippen LogP contribution is -2.48. The first-order valence-corrected chi connectivity index (χ1v) is 13.1. The van der Waals surface area contributed by atoms with Gasteiger partial charge in [0.1, 0.15) is 12.4 Å². The van der Waals surface area contributed by atoms with E-state index in [4.69, 9.17) is 19.8 Å². The van der Waals surface area contributed by atoms with Gasteiger partial charge in [-0.05, 0) is 44.6 Å². The van der Waals surface area contributed by atoms with Gasteiger partial charge in [0.25, 0.3) is 0 Å². The molecule has 5 heterocycles. The molecule has 3 aliphatic heterocycles. The van der Waals surface area contributed by atoms with Gasteiger partial charge in [-0.25, -0.2) is 0 Å². The minimum atomic E-state index is -0.0227. The van der Waals surface area contributed by atoms with Gasteiger partial charge in [-0.3, -0.25) is 9.48 Å². The molecule has 6 rings (SSSR count). The molecule has 0 aliphatic carbocycles. The second-order valence-corrected chi connectivity index (χ2v) is 10.2. The van der Waals surface area contributed by atoms with E-state index >= 15 is 0 Å². The van der Waals surface area contributed by atoms with Crippen LogP contribution in [-0.2, 0) is 24.9 Å². The van der Waals surface area contributed by atoms with Gasteiger partial charge < -0.3 is 24.3 Å². The lowest BCUT2D eigenvalue weighted by Gasteiger charge is -2.35. The Morgan fingerprint density at radius 2 is 1.86 bits per heavy atom. The number of nitrogens with zero attached hydrogens (tertiary/aromatic N) is 8. The van der Waals surface area contributed by atoms with E-state index in [9.17, 15) is 4.79 Å². The molecule has 2 fully saturated rings. The Kier molecular flexibility index (Phi) is 6.19. The topological polar surface area (TPSA) is 82.9 Å². The number of piperazine rings is 1. The molecular weight excluding hydrogens is 468 g/mol. The largest absolute Gasteiger partial charge is 0.462 e. The average molecular weight is 503 g/mol. The van der Waals surface area contributed by atoms with Crippen molar-refractivity contribution in [2.24, 2.45) is 7.05 Å². The Balaban J connectivity index is 1.30. The Labute approximate surface area is 217 Å². The number of carbonyl (C=O) groups is 1. The third kappa shape index (κ3) is 4.39. The summed E-state index contributed by atoms with van der Waals surface area (Å²) in [5.74, 6) is 1.84. The number of rotatable bonds is 6. The van der Waals surface area contributed by atoms with Crippen LogP contribution in [-0.4, -0.2) is 87.9 Å². The average Bonchev–Trinajstić information content (AvgIpc) is 3.63. The van der Waals surface area contributed by atoms with Gasteiger partial charge in [-0.2, -0.15) is 15.1 Å². The van der Waals surface area contributed by atoms with Crippen molar-refractivity contribution in [2.45, 2.75) is 32.0 Å². The van der Waals surface area contributed by atoms with E-state index in [-0.39, 0.29) is 5.91 Å². The van der Waals surface area contributed by atoms with Gasteiger partial charge in [0.05, 0.1) is 24.3 Å². The van der Waals surface area contributed by atoms with Crippen LogP contribution in [0.3, 0.4) is 0 Å². The SMILES string of the molecule is C=CC(=O)N1CCN(c2nc(OC[C@@H]3CCCN3C)nc3c2CN(c2nn(C)c4ccccc24)C3)CC1. The van der Waals surface area contributed by atoms with E-state index in [1.807, 2.05) is 22.7 Å². The fraction of sp³-hybridized carbons (Fsp3) is 0.481. The lowest BCUT2D eigenvalue weighted by atomic mass is 10.2. The van der Waals surface area contributed by atoms with Gasteiger partial charge in [-0.15, -0.1) is 0 Å². The number of amides is 1. The normalized spacial score (nSPS) is 20.1. The van der Waals surface area contributed by atoms with Crippen LogP contribution in [0.4, 0.5) is 11.6 Å². The number of fused-ring (bicyclic) bond motifs is 2. The summed E-state index contributed by atoms with van der Waals surface area (Å²) in [5, 5.41) is 5.97. The van der Waals surface area contributed by atoms with E-state index < -0.39 is 0 Å². The fourth-order valence-electron chi connectivity index (χ4n) is 5.75. The highest BCUT2D eigenvalue weighted by Gasteiger charge is 2.32. The molecule has 1 aromatic carbocycles. The molecular formula is C27H34N8O2. The van der Waals surface area contributed by atoms with E-state index in [2.05, 4.69) is 46.5 Å². The smallest absolute Gasteiger partial charge is 0.318 e. The number of aryl methyl sites for hydroxylation is 1. The highest BCUT2D eigenvalue weighted by atomic mass is 16.5. The number of ether oxygens (including phenoxy) is 1. The minimum absolute atomic E-state index is 0.0227. The van der Waals surface area contributed by atoms with Crippen LogP contribution >= 0.6 is 0 Å². The molecule has 37 heavy (non-hydrogen) atoms. The second-order valence-electron chi connectivity index (χ2n) is 10.2. The number of carbonyl (C=O) groups excluding carboxylic acids is 1. The number of aromatic nitrogens is 4. The fourth-order valence-corrected chi connectivity index (χ4v) is 5.75. The molecule has 194 valence electrons. The van der Waals surface area contributed by atoms with Crippen LogP contribution in [0.25, 0.3) is 10.9 Å². The zero-order chi connectivity index (χ0) is 25.5. The maximum absolute atomic E-state index is 12.1. The van der Waals surface area contributed by atoms with Crippen LogP contribution in [0.1, 0.15) is 24.1 Å². The zero-order valence-electron chi connectivity index (χ0n) is 21.6. The number of hydrogen-bond donors (Lipinski definition) is 0. The molecule has 0 radical (unpaired) electrons. The molecule has 0 N–H and O–H groups in total. The molecule has 0 spiro atoms. The van der Waals surface area contributed by atoms with E-state index in [0.29, 0.717) is 57.9 Å². The first-order valence-electron chi connectivity index (χ1n) is 13.1. The van der Waals surface area contributed by atoms with Crippen molar-refractivity contribution in [2.75, 3.05) is 56.2 Å². The number of anilines is 2. The molecule has 2 aromatic heterocycles. The van der Waals surface area contributed by atoms with Crippen LogP contribution in [0.15, 0.2) is 36.9 Å². The van der Waals surface area contributed by atoms with Crippen molar-refractivity contribution >= 4 is 28.4 Å². The first kappa shape index (κ1) is 23.7. The predicted octanol–water partition coefficient (Wildman–Crippen LogP) is 2.19. The van der Waals surface area contributed by atoms with Gasteiger partial charge in [-0.1, -0.05) is 18.7 Å². The Morgan fingerprint density at radius 3 is 2.62 bits per heavy atom. The van der Waals surface area contributed by atoms with Crippen LogP contribution in [0.2, 0.25) is 0 Å². The zero-order valence-corrected chi connectivity index (χ0v) is 21.6. The second kappa shape index (κ2) is 9.66. The molecule has 10 heteroatoms. The van der Waals surface area contributed by atoms with E-state index in [0.717, 1.165) is 46.8 Å². The summed E-state index contributed by atoms with van der Waals surface area (Å²) in [6.45, 7) is 9.36. The predicted molar refractivity (Wildman–Crippen MR) is 143 cm³/mol. The number of hydrogen-bond acceptors (Lipinski definition) is 8. The number of likely N-dealkylation sites (N-methyl/N-ethyl adjacent to an activating group) is 1. The molecule has 0 saturated carbocycles. The highest BCUT2D eigenvalue weighted by Crippen LogP contribution is 2.36. The summed E-state index contributed by atoms with van der Waals surface area (Å²) < 4.78 is 8.14. The summed E-state index contributed by atoms with van der Waals surface area (Å²) in [6, 6.07) is 9.14. The van der Waals surface area contributed by atoms with Gasteiger partial charge in [0.15, 0.2) is 5.82 Å². The van der Waals surface area contributed by atoms with Crippen LogP contribution < -0.4 is 14.5 Å². The molecule has 1 atom stereocenters. The maximum atomic E-state index is 12.1. The maximum Gasteiger partial charge on any atom is 0.318 e. The van der Waals surface area contributed by atoms with Gasteiger partial charge in [0, 0.05) is 50.2 Å². The molecule has 1 amide bonds. The molecule has 0 bridgehead atoms. The number of likely N-dealkylation sites (tertiary alicyclic amines) is 1. The quantitative estimate of drug-likeness (QED) is 0.475. The van der Waals surface area contributed by atoms with Crippen molar-refractivity contribution in [1.82, 2.24) is 29.5 Å². The Bertz CT molecular complexity index is 1330. The summed E-state index contributed by atoms with van der Waals surface area (Å²) >= 11 is 0. The van der Waals surface area contributed by atoms with Crippen LogP contribution in [0, 0.1) is 0 Å². The Hall–Kier alpha value is -3.66. The van der Waals surface area contributed by atoms with Crippen molar-refractivity contribution in [1.29, 1.82) is 0 Å². The van der Waals surface area contributed by atoms with E-state index in [1.54, 1.807) is 0 Å². The van der Waals surface area contributed by atoms with Gasteiger partial charge in [0.2, 0.25) is 5.91 Å². The first-order chi connectivity index (χ1) is 18.0. The molecule has 3 aromatic rings. The molecule has 2 saturated heterocycles. The van der Waals surface area contributed by atoms with Gasteiger partial charge >= 0.3 is 6.01 Å². The third-order valence-corrected chi connectivity index (χ3v) is 7.92. The molecule has 0 unspecified atom stereocenters. The summed E-state index contributed by atoms with van der Waals surface area (Å²) in [4.78, 5) is 30.7. The summed E-state index contributed by atoms with van der Waals surface area (Å²) in [6.07, 6.45) is 3.72. The number of benzene rings is 1. The lowest BCUT2D eigenvalue weighted by molar-refractivity contribution is -0.126. The van der Waals surface area contributed by atoms with E-state index in [1.165, 1.54) is 12.5 Å². The minimum Gasteiger partial charge on any atom is -0.462 e. The monoisotopic (exact) mass is 502 g/mol. The van der Waals surface area contributed by atoms with Crippen LogP contribution in [0.5, 0.6) is 6.01 Å². The van der Waals surface area contributed by atoms with Crippen molar-refractivity contribution in [3.63, 3.8) is 0 Å². The standard InChI is InChI=1S/C27H34N8O2/c1-4-24(36)33-12-14-34(15-13-33)25-21-16-35(26-20-9-5-6-10-23(20)32(3)30-26)17-22(21)28-27(29-25)37-18-19-8-7-11-31(19)2/h4-6,9-10,19H,1,7-8,11-18H2,2-3H3/t19-/m0/s1. The third-order valence-electron chi connectivity index (χ3n) is 7.92. The summed E-state index contributed by atoms with van der Waals surface area (Å²) in [7, 11) is 4.13. The van der Waals surface area contributed by atoms with Crippen molar-refractivity contribution in [3.8, 4) is 6.01 Å².